The summed E-state index contributed by atoms with van der Waals surface area (Å²) in [5.74, 6) is 0.660. The second kappa shape index (κ2) is 6.11. The van der Waals surface area contributed by atoms with Crippen LogP contribution in [0.3, 0.4) is 0 Å². The molecule has 1 unspecified atom stereocenters. The van der Waals surface area contributed by atoms with Gasteiger partial charge in [0.25, 0.3) is 5.69 Å². The number of anilines is 1. The number of benzene rings is 1. The first kappa shape index (κ1) is 14.5. The third kappa shape index (κ3) is 2.92. The van der Waals surface area contributed by atoms with E-state index >= 15 is 0 Å². The molecule has 2 aromatic rings. The van der Waals surface area contributed by atoms with Crippen LogP contribution >= 0.6 is 0 Å². The van der Waals surface area contributed by atoms with Crippen molar-refractivity contribution in [3.8, 4) is 0 Å². The molecule has 0 saturated carbocycles. The van der Waals surface area contributed by atoms with Crippen molar-refractivity contribution in [3.05, 3.63) is 63.3 Å². The van der Waals surface area contributed by atoms with Crippen LogP contribution in [0.15, 0.2) is 36.5 Å². The minimum atomic E-state index is -0.412. The fourth-order valence-corrected chi connectivity index (χ4v) is 2.82. The van der Waals surface area contributed by atoms with E-state index in [9.17, 15) is 10.1 Å². The summed E-state index contributed by atoms with van der Waals surface area (Å²) in [7, 11) is 0. The molecule has 2 N–H and O–H groups in total. The van der Waals surface area contributed by atoms with E-state index in [-0.39, 0.29) is 11.7 Å². The van der Waals surface area contributed by atoms with Crippen molar-refractivity contribution in [2.24, 2.45) is 0 Å². The van der Waals surface area contributed by atoms with Gasteiger partial charge in [-0.25, -0.2) is 4.98 Å². The van der Waals surface area contributed by atoms with Gasteiger partial charge in [0.05, 0.1) is 4.92 Å². The van der Waals surface area contributed by atoms with Gasteiger partial charge in [0.2, 0.25) is 0 Å². The van der Waals surface area contributed by atoms with Crippen LogP contribution in [-0.2, 0) is 6.42 Å². The lowest BCUT2D eigenvalue weighted by atomic mass is 9.94. The molecule has 1 atom stereocenters. The molecule has 1 aliphatic heterocycles. The topological polar surface area (TPSA) is 80.1 Å². The highest BCUT2D eigenvalue weighted by molar-refractivity contribution is 5.47. The molecule has 3 rings (SSSR count). The van der Waals surface area contributed by atoms with Crippen LogP contribution in [0, 0.1) is 17.0 Å². The molecule has 114 valence electrons. The highest BCUT2D eigenvalue weighted by Gasteiger charge is 2.19. The Balaban J connectivity index is 1.71. The van der Waals surface area contributed by atoms with E-state index in [2.05, 4.69) is 33.8 Å². The summed E-state index contributed by atoms with van der Waals surface area (Å²) in [5, 5.41) is 17.6. The summed E-state index contributed by atoms with van der Waals surface area (Å²) in [6.45, 7) is 3.37. The molecule has 1 aromatic heterocycles. The van der Waals surface area contributed by atoms with Crippen LogP contribution in [0.4, 0.5) is 11.5 Å². The van der Waals surface area contributed by atoms with Gasteiger partial charge in [0.1, 0.15) is 12.0 Å². The number of aromatic nitrogens is 1. The Morgan fingerprint density at radius 2 is 2.27 bits per heavy atom. The maximum absolute atomic E-state index is 10.8. The standard InChI is InChI=1S/C16H18N4O2/c1-11-8-16(19-10-15(11)20(21)22)18-9-14-13-5-3-2-4-12(13)6-7-17-14/h2-5,8,10,14,17H,6-7,9H2,1H3,(H,18,19). The SMILES string of the molecule is Cc1cc(NCC2NCCc3ccccc32)ncc1[N+](=O)[O-]. The van der Waals surface area contributed by atoms with Crippen LogP contribution in [0.5, 0.6) is 0 Å². The van der Waals surface area contributed by atoms with Crippen LogP contribution in [0.25, 0.3) is 0 Å². The summed E-state index contributed by atoms with van der Waals surface area (Å²) in [6.07, 6.45) is 2.35. The maximum Gasteiger partial charge on any atom is 0.290 e. The van der Waals surface area contributed by atoms with Gasteiger partial charge in [-0.05, 0) is 37.1 Å². The summed E-state index contributed by atoms with van der Waals surface area (Å²) in [5.41, 5.74) is 3.34. The van der Waals surface area contributed by atoms with Gasteiger partial charge < -0.3 is 10.6 Å². The molecule has 0 bridgehead atoms. The fraction of sp³-hybridized carbons (Fsp3) is 0.312. The molecule has 1 aromatic carbocycles. The molecule has 0 spiro atoms. The zero-order valence-electron chi connectivity index (χ0n) is 12.4. The smallest absolute Gasteiger partial charge is 0.290 e. The van der Waals surface area contributed by atoms with E-state index in [1.807, 2.05) is 6.07 Å². The largest absolute Gasteiger partial charge is 0.368 e. The van der Waals surface area contributed by atoms with E-state index < -0.39 is 4.92 Å². The average molecular weight is 298 g/mol. The van der Waals surface area contributed by atoms with Crippen molar-refractivity contribution >= 4 is 11.5 Å². The van der Waals surface area contributed by atoms with Gasteiger partial charge >= 0.3 is 0 Å². The number of nitrogens with one attached hydrogen (secondary N) is 2. The second-order valence-electron chi connectivity index (χ2n) is 5.45. The highest BCUT2D eigenvalue weighted by Crippen LogP contribution is 2.24. The number of hydrogen-bond donors (Lipinski definition) is 2. The van der Waals surface area contributed by atoms with Crippen LogP contribution < -0.4 is 10.6 Å². The third-order valence-corrected chi connectivity index (χ3v) is 3.98. The van der Waals surface area contributed by atoms with Crippen molar-refractivity contribution in [3.63, 3.8) is 0 Å². The minimum absolute atomic E-state index is 0.0479. The number of nitro groups is 1. The van der Waals surface area contributed by atoms with Gasteiger partial charge in [-0.3, -0.25) is 10.1 Å². The Labute approximate surface area is 128 Å². The first-order valence-electron chi connectivity index (χ1n) is 7.31. The van der Waals surface area contributed by atoms with E-state index in [0.717, 1.165) is 13.0 Å². The van der Waals surface area contributed by atoms with Gasteiger partial charge in [-0.1, -0.05) is 24.3 Å². The molecule has 6 nitrogen and oxygen atoms in total. The fourth-order valence-electron chi connectivity index (χ4n) is 2.82. The maximum atomic E-state index is 10.8. The molecule has 0 saturated heterocycles. The van der Waals surface area contributed by atoms with Gasteiger partial charge in [0, 0.05) is 18.2 Å². The normalized spacial score (nSPS) is 16.9. The average Bonchev–Trinajstić information content (AvgIpc) is 2.52. The van der Waals surface area contributed by atoms with Gasteiger partial charge in [-0.2, -0.15) is 0 Å². The van der Waals surface area contributed by atoms with Crippen molar-refractivity contribution in [1.82, 2.24) is 10.3 Å². The van der Waals surface area contributed by atoms with Gasteiger partial charge in [-0.15, -0.1) is 0 Å². The van der Waals surface area contributed by atoms with Gasteiger partial charge in [0.15, 0.2) is 0 Å². The van der Waals surface area contributed by atoms with Crippen LogP contribution in [0.2, 0.25) is 0 Å². The molecule has 0 aliphatic carbocycles. The molecule has 0 amide bonds. The van der Waals surface area contributed by atoms with E-state index in [1.165, 1.54) is 17.3 Å². The predicted molar refractivity (Wildman–Crippen MR) is 85.0 cm³/mol. The lowest BCUT2D eigenvalue weighted by molar-refractivity contribution is -0.385. The van der Waals surface area contributed by atoms with Crippen molar-refractivity contribution in [2.75, 3.05) is 18.4 Å². The highest BCUT2D eigenvalue weighted by atomic mass is 16.6. The first-order valence-corrected chi connectivity index (χ1v) is 7.31. The quantitative estimate of drug-likeness (QED) is 0.670. The Hall–Kier alpha value is -2.47. The van der Waals surface area contributed by atoms with Crippen molar-refractivity contribution < 1.29 is 4.92 Å². The Morgan fingerprint density at radius 3 is 3.05 bits per heavy atom. The van der Waals surface area contributed by atoms with Crippen molar-refractivity contribution in [1.29, 1.82) is 0 Å². The molecular weight excluding hydrogens is 280 g/mol. The molecule has 22 heavy (non-hydrogen) atoms. The predicted octanol–water partition coefficient (Wildman–Crippen LogP) is 2.60. The summed E-state index contributed by atoms with van der Waals surface area (Å²) >= 11 is 0. The number of nitrogens with zero attached hydrogens (tertiary/aromatic N) is 2. The summed E-state index contributed by atoms with van der Waals surface area (Å²) < 4.78 is 0. The number of pyridine rings is 1. The number of aryl methyl sites for hydroxylation is 1. The van der Waals surface area contributed by atoms with E-state index in [0.29, 0.717) is 17.9 Å². The molecule has 0 radical (unpaired) electrons. The Bertz CT molecular complexity index is 702. The minimum Gasteiger partial charge on any atom is -0.368 e. The lowest BCUT2D eigenvalue weighted by Crippen LogP contribution is -2.34. The monoisotopic (exact) mass is 298 g/mol. The number of fused-ring (bicyclic) bond motifs is 1. The zero-order valence-corrected chi connectivity index (χ0v) is 12.4. The van der Waals surface area contributed by atoms with E-state index in [1.54, 1.807) is 13.0 Å². The molecule has 2 heterocycles. The summed E-state index contributed by atoms with van der Waals surface area (Å²) in [4.78, 5) is 14.5. The second-order valence-corrected chi connectivity index (χ2v) is 5.45. The first-order chi connectivity index (χ1) is 10.6. The van der Waals surface area contributed by atoms with Crippen molar-refractivity contribution in [2.45, 2.75) is 19.4 Å². The van der Waals surface area contributed by atoms with Crippen LogP contribution in [0.1, 0.15) is 22.7 Å². The van der Waals surface area contributed by atoms with Crippen LogP contribution in [-0.4, -0.2) is 23.0 Å². The molecule has 0 fully saturated rings. The molecular formula is C16H18N4O2. The third-order valence-electron chi connectivity index (χ3n) is 3.98. The summed E-state index contributed by atoms with van der Waals surface area (Å²) in [6, 6.07) is 10.4. The zero-order chi connectivity index (χ0) is 15.5. The Kier molecular flexibility index (Phi) is 4.02. The number of rotatable bonds is 4. The lowest BCUT2D eigenvalue weighted by Gasteiger charge is -2.27. The number of hydrogen-bond acceptors (Lipinski definition) is 5. The van der Waals surface area contributed by atoms with E-state index in [4.69, 9.17) is 0 Å². The Morgan fingerprint density at radius 1 is 1.45 bits per heavy atom. The molecule has 1 aliphatic rings. The molecule has 6 heteroatoms.